The number of ketones is 1. The molecular weight excluding hydrogens is 434 g/mol. The van der Waals surface area contributed by atoms with Gasteiger partial charge in [0.05, 0.1) is 5.56 Å². The first-order valence-corrected chi connectivity index (χ1v) is 12.8. The number of Topliss-reactive ketones (excluding diaryl/α,β-unsaturated/α-hetero) is 1. The molecule has 2 aliphatic rings. The highest BCUT2D eigenvalue weighted by atomic mass is 16.5. The molecule has 0 radical (unpaired) electrons. The third-order valence-corrected chi connectivity index (χ3v) is 7.17. The van der Waals surface area contributed by atoms with Gasteiger partial charge in [0, 0.05) is 12.1 Å². The van der Waals surface area contributed by atoms with E-state index in [1.54, 1.807) is 24.3 Å². The highest BCUT2D eigenvalue weighted by Gasteiger charge is 2.26. The molecule has 0 spiro atoms. The van der Waals surface area contributed by atoms with Crippen molar-refractivity contribution in [1.29, 1.82) is 0 Å². The van der Waals surface area contributed by atoms with Crippen LogP contribution in [0.3, 0.4) is 0 Å². The molecule has 0 bridgehead atoms. The Hall–Kier alpha value is -3.37. The molecule has 5 rings (SSSR count). The molecule has 1 N–H and O–H groups in total. The van der Waals surface area contributed by atoms with Crippen molar-refractivity contribution in [3.63, 3.8) is 0 Å². The van der Waals surface area contributed by atoms with Crippen molar-refractivity contribution in [2.45, 2.75) is 38.5 Å². The van der Waals surface area contributed by atoms with Crippen molar-refractivity contribution in [3.05, 3.63) is 101 Å². The number of allylic oxidation sites excluding steroid dienone is 1. The van der Waals surface area contributed by atoms with Crippen molar-refractivity contribution in [3.8, 4) is 11.5 Å². The summed E-state index contributed by atoms with van der Waals surface area (Å²) in [5.74, 6) is 0.767. The van der Waals surface area contributed by atoms with Crippen LogP contribution >= 0.6 is 0 Å². The van der Waals surface area contributed by atoms with E-state index in [1.165, 1.54) is 44.3 Å². The Morgan fingerprint density at radius 3 is 2.31 bits per heavy atom. The summed E-state index contributed by atoms with van der Waals surface area (Å²) in [5.41, 5.74) is 5.39. The van der Waals surface area contributed by atoms with E-state index in [-0.39, 0.29) is 11.5 Å². The monoisotopic (exact) mass is 467 g/mol. The van der Waals surface area contributed by atoms with Crippen molar-refractivity contribution >= 4 is 11.4 Å². The zero-order valence-electron chi connectivity index (χ0n) is 20.2. The number of rotatable bonds is 7. The van der Waals surface area contributed by atoms with Crippen molar-refractivity contribution in [2.24, 2.45) is 0 Å². The van der Waals surface area contributed by atoms with Gasteiger partial charge in [-0.05, 0) is 85.3 Å². The minimum atomic E-state index is -0.106. The molecule has 0 atom stereocenters. The molecule has 4 nitrogen and oxygen atoms in total. The normalized spacial score (nSPS) is 16.5. The van der Waals surface area contributed by atoms with Gasteiger partial charge in [-0.3, -0.25) is 9.69 Å². The lowest BCUT2D eigenvalue weighted by Gasteiger charge is -2.24. The zero-order valence-corrected chi connectivity index (χ0v) is 20.2. The highest BCUT2D eigenvalue weighted by molar-refractivity contribution is 6.16. The number of likely N-dealkylation sites (tertiary alicyclic amines) is 1. The molecule has 0 saturated carbocycles. The summed E-state index contributed by atoms with van der Waals surface area (Å²) in [6, 6.07) is 23.2. The second-order valence-electron chi connectivity index (χ2n) is 9.49. The van der Waals surface area contributed by atoms with Gasteiger partial charge in [0.25, 0.3) is 0 Å². The predicted molar refractivity (Wildman–Crippen MR) is 140 cm³/mol. The topological polar surface area (TPSA) is 49.8 Å². The number of aromatic hydroxyl groups is 1. The molecule has 1 aliphatic heterocycles. The van der Waals surface area contributed by atoms with E-state index in [0.29, 0.717) is 18.6 Å². The molecule has 1 aliphatic carbocycles. The summed E-state index contributed by atoms with van der Waals surface area (Å²) in [4.78, 5) is 16.1. The molecule has 3 aromatic carbocycles. The molecule has 1 heterocycles. The van der Waals surface area contributed by atoms with Gasteiger partial charge in [-0.25, -0.2) is 0 Å². The van der Waals surface area contributed by atoms with Gasteiger partial charge in [0.2, 0.25) is 0 Å². The Morgan fingerprint density at radius 1 is 0.829 bits per heavy atom. The second-order valence-corrected chi connectivity index (χ2v) is 9.49. The number of hydrogen-bond donors (Lipinski definition) is 1. The zero-order chi connectivity index (χ0) is 24.0. The number of nitrogens with zero attached hydrogens (tertiary/aromatic N) is 1. The number of hydrogen-bond acceptors (Lipinski definition) is 4. The third kappa shape index (κ3) is 5.33. The van der Waals surface area contributed by atoms with Crippen LogP contribution in [-0.2, 0) is 6.42 Å². The lowest BCUT2D eigenvalue weighted by atomic mass is 9.79. The summed E-state index contributed by atoms with van der Waals surface area (Å²) in [5, 5.41) is 10.3. The van der Waals surface area contributed by atoms with Crippen LogP contribution in [-0.4, -0.2) is 42.0 Å². The molecular formula is C31H33NO3. The van der Waals surface area contributed by atoms with Crippen LogP contribution in [0.2, 0.25) is 0 Å². The van der Waals surface area contributed by atoms with Gasteiger partial charge in [0.15, 0.2) is 5.78 Å². The number of phenolic OH excluding ortho intramolecular Hbond substituents is 1. The largest absolute Gasteiger partial charge is 0.507 e. The fourth-order valence-corrected chi connectivity index (χ4v) is 5.28. The SMILES string of the molecule is O=C(C1=C(c2ccc(OCCN3CCCCCC3)cc2)c2ccccc2CC1)c1ccccc1O. The van der Waals surface area contributed by atoms with Crippen LogP contribution in [0.15, 0.2) is 78.4 Å². The summed E-state index contributed by atoms with van der Waals surface area (Å²) >= 11 is 0. The molecule has 1 saturated heterocycles. The molecule has 0 amide bonds. The van der Waals surface area contributed by atoms with Gasteiger partial charge < -0.3 is 9.84 Å². The van der Waals surface area contributed by atoms with E-state index >= 15 is 0 Å². The van der Waals surface area contributed by atoms with Crippen LogP contribution in [0.25, 0.3) is 5.57 Å². The maximum atomic E-state index is 13.5. The molecule has 35 heavy (non-hydrogen) atoms. The third-order valence-electron chi connectivity index (χ3n) is 7.17. The average Bonchev–Trinajstić information content (AvgIpc) is 3.17. The number of benzene rings is 3. The Bertz CT molecular complexity index is 1200. The van der Waals surface area contributed by atoms with Crippen LogP contribution < -0.4 is 4.74 Å². The summed E-state index contributed by atoms with van der Waals surface area (Å²) in [6.45, 7) is 3.98. The van der Waals surface area contributed by atoms with E-state index in [1.807, 2.05) is 24.3 Å². The molecule has 0 aromatic heterocycles. The van der Waals surface area contributed by atoms with Crippen molar-refractivity contribution in [2.75, 3.05) is 26.2 Å². The predicted octanol–water partition coefficient (Wildman–Crippen LogP) is 6.28. The number of ether oxygens (including phenoxy) is 1. The Labute approximate surface area is 207 Å². The van der Waals surface area contributed by atoms with E-state index in [4.69, 9.17) is 4.74 Å². The number of carbonyl (C=O) groups excluding carboxylic acids is 1. The standard InChI is InChI=1S/C31H33NO3/c33-29-12-6-5-11-27(29)31(34)28-18-15-23-9-3-4-10-26(23)30(28)24-13-16-25(17-14-24)35-22-21-32-19-7-1-2-8-20-32/h3-6,9-14,16-17,33H,1-2,7-8,15,18-22H2. The average molecular weight is 468 g/mol. The number of fused-ring (bicyclic) bond motifs is 1. The molecule has 3 aromatic rings. The fraction of sp³-hybridized carbons (Fsp3) is 0.323. The molecule has 180 valence electrons. The van der Waals surface area contributed by atoms with E-state index in [0.717, 1.165) is 41.0 Å². The number of phenols is 1. The minimum Gasteiger partial charge on any atom is -0.507 e. The van der Waals surface area contributed by atoms with Crippen molar-refractivity contribution < 1.29 is 14.6 Å². The fourth-order valence-electron chi connectivity index (χ4n) is 5.28. The second kappa shape index (κ2) is 10.9. The first-order chi connectivity index (χ1) is 17.2. The Morgan fingerprint density at radius 2 is 1.54 bits per heavy atom. The van der Waals surface area contributed by atoms with Gasteiger partial charge in [0.1, 0.15) is 18.1 Å². The lowest BCUT2D eigenvalue weighted by Crippen LogP contribution is -2.29. The van der Waals surface area contributed by atoms with Crippen molar-refractivity contribution in [1.82, 2.24) is 4.90 Å². The van der Waals surface area contributed by atoms with Crippen LogP contribution in [0.1, 0.15) is 59.2 Å². The van der Waals surface area contributed by atoms with Gasteiger partial charge in [-0.2, -0.15) is 0 Å². The summed E-state index contributed by atoms with van der Waals surface area (Å²) < 4.78 is 6.06. The van der Waals surface area contributed by atoms with Crippen LogP contribution in [0, 0.1) is 0 Å². The first-order valence-electron chi connectivity index (χ1n) is 12.8. The van der Waals surface area contributed by atoms with Crippen LogP contribution in [0.5, 0.6) is 11.5 Å². The van der Waals surface area contributed by atoms with E-state index in [2.05, 4.69) is 29.2 Å². The Balaban J connectivity index is 1.40. The summed E-state index contributed by atoms with van der Waals surface area (Å²) in [6.07, 6.45) is 6.71. The number of carbonyl (C=O) groups is 1. The highest BCUT2D eigenvalue weighted by Crippen LogP contribution is 2.38. The first kappa shape index (κ1) is 23.4. The number of para-hydroxylation sites is 1. The van der Waals surface area contributed by atoms with Gasteiger partial charge in [-0.15, -0.1) is 0 Å². The van der Waals surface area contributed by atoms with Gasteiger partial charge >= 0.3 is 0 Å². The minimum absolute atomic E-state index is 0.0244. The van der Waals surface area contributed by atoms with E-state index in [9.17, 15) is 9.90 Å². The maximum absolute atomic E-state index is 13.5. The smallest absolute Gasteiger partial charge is 0.193 e. The molecule has 4 heteroatoms. The molecule has 1 fully saturated rings. The lowest BCUT2D eigenvalue weighted by molar-refractivity contribution is 0.102. The molecule has 0 unspecified atom stereocenters. The summed E-state index contributed by atoms with van der Waals surface area (Å²) in [7, 11) is 0. The quantitative estimate of drug-likeness (QED) is 0.416. The van der Waals surface area contributed by atoms with Gasteiger partial charge in [-0.1, -0.05) is 61.4 Å². The number of aryl methyl sites for hydroxylation is 1. The Kier molecular flexibility index (Phi) is 7.29. The maximum Gasteiger partial charge on any atom is 0.193 e. The van der Waals surface area contributed by atoms with E-state index < -0.39 is 0 Å². The van der Waals surface area contributed by atoms with Crippen LogP contribution in [0.4, 0.5) is 0 Å².